The van der Waals surface area contributed by atoms with Crippen molar-refractivity contribution in [2.45, 2.75) is 103 Å². The summed E-state index contributed by atoms with van der Waals surface area (Å²) in [6.07, 6.45) is -3.74. The van der Waals surface area contributed by atoms with Gasteiger partial charge in [0.2, 0.25) is 0 Å². The fourth-order valence-electron chi connectivity index (χ4n) is 8.41. The SMILES string of the molecule is O=C(Cc1sc2c(c1-c1nc(C(F)(F)F)no1)CCOC2)[C@H]1CCCC[C@H]1C(=O)O.O=C(O)[C@H]1CCCC[C@H]1C(=O)Cc1sc2c(c1-c1nc(C(F)(F)F)no1)CCOC2. The Labute approximate surface area is 344 Å². The molecule has 2 fully saturated rings. The Morgan fingerprint density at radius 2 is 0.967 bits per heavy atom. The molecule has 0 spiro atoms. The molecule has 0 saturated heterocycles. The Bertz CT molecular complexity index is 2090. The summed E-state index contributed by atoms with van der Waals surface area (Å²) in [5, 5.41) is 25.0. The lowest BCUT2D eigenvalue weighted by Crippen LogP contribution is -2.33. The van der Waals surface area contributed by atoms with Gasteiger partial charge < -0.3 is 28.7 Å². The molecular formula is C38H38F6N4O10S2. The van der Waals surface area contributed by atoms with E-state index >= 15 is 0 Å². The molecule has 4 atom stereocenters. The van der Waals surface area contributed by atoms with Crippen molar-refractivity contribution in [2.24, 2.45) is 23.7 Å². The highest BCUT2D eigenvalue weighted by atomic mass is 32.1. The van der Waals surface area contributed by atoms with Gasteiger partial charge in [-0.25, -0.2) is 0 Å². The van der Waals surface area contributed by atoms with Crippen LogP contribution in [0.25, 0.3) is 22.9 Å². The van der Waals surface area contributed by atoms with Gasteiger partial charge >= 0.3 is 24.3 Å². The smallest absolute Gasteiger partial charge is 0.455 e. The van der Waals surface area contributed by atoms with Crippen LogP contribution in [0.4, 0.5) is 26.3 Å². The molecule has 8 rings (SSSR count). The van der Waals surface area contributed by atoms with Crippen LogP contribution in [0.1, 0.15) is 93.7 Å². The van der Waals surface area contributed by atoms with Crippen molar-refractivity contribution in [3.8, 4) is 22.9 Å². The second kappa shape index (κ2) is 17.8. The number of rotatable bonds is 10. The number of carboxylic acid groups (broad SMARTS) is 2. The average Bonchev–Trinajstić information content (AvgIpc) is 4.02. The van der Waals surface area contributed by atoms with Crippen molar-refractivity contribution in [3.63, 3.8) is 0 Å². The molecule has 2 aliphatic heterocycles. The molecule has 6 heterocycles. The molecule has 60 heavy (non-hydrogen) atoms. The molecule has 2 aliphatic carbocycles. The number of nitrogens with zero attached hydrogens (tertiary/aromatic N) is 4. The first-order chi connectivity index (χ1) is 28.5. The first-order valence-corrected chi connectivity index (χ1v) is 20.9. The van der Waals surface area contributed by atoms with Crippen LogP contribution in [0.5, 0.6) is 0 Å². The van der Waals surface area contributed by atoms with E-state index in [9.17, 15) is 55.7 Å². The highest BCUT2D eigenvalue weighted by Crippen LogP contribution is 2.43. The molecule has 4 aliphatic rings. The Hall–Kier alpha value is -4.54. The number of aromatic nitrogens is 4. The number of hydrogen-bond donors (Lipinski definition) is 2. The van der Waals surface area contributed by atoms with E-state index in [1.807, 2.05) is 0 Å². The summed E-state index contributed by atoms with van der Waals surface area (Å²) in [6.45, 7) is 1.38. The molecule has 0 unspecified atom stereocenters. The van der Waals surface area contributed by atoms with E-state index in [2.05, 4.69) is 20.3 Å². The fraction of sp³-hybridized carbons (Fsp3) is 0.579. The third kappa shape index (κ3) is 9.35. The Morgan fingerprint density at radius 1 is 0.600 bits per heavy atom. The first-order valence-electron chi connectivity index (χ1n) is 19.3. The predicted molar refractivity (Wildman–Crippen MR) is 196 cm³/mol. The molecule has 0 bridgehead atoms. The van der Waals surface area contributed by atoms with E-state index in [0.717, 1.165) is 46.6 Å². The van der Waals surface area contributed by atoms with Gasteiger partial charge in [-0.3, -0.25) is 19.2 Å². The zero-order valence-electron chi connectivity index (χ0n) is 31.7. The number of aliphatic carboxylic acids is 2. The Balaban J connectivity index is 0.000000181. The van der Waals surface area contributed by atoms with Crippen molar-refractivity contribution < 1.29 is 74.3 Å². The van der Waals surface area contributed by atoms with Crippen LogP contribution in [-0.4, -0.2) is 67.2 Å². The van der Waals surface area contributed by atoms with Crippen LogP contribution >= 0.6 is 22.7 Å². The number of carbonyl (C=O) groups excluding carboxylic acids is 2. The summed E-state index contributed by atoms with van der Waals surface area (Å²) in [5.74, 6) is -8.39. The van der Waals surface area contributed by atoms with E-state index in [1.165, 1.54) is 22.7 Å². The summed E-state index contributed by atoms with van der Waals surface area (Å²) in [7, 11) is 0. The third-order valence-electron chi connectivity index (χ3n) is 11.2. The summed E-state index contributed by atoms with van der Waals surface area (Å²) < 4.78 is 98.3. The lowest BCUT2D eigenvalue weighted by atomic mass is 9.76. The topological polar surface area (TPSA) is 205 Å². The molecular weight excluding hydrogens is 851 g/mol. The molecule has 0 aromatic carbocycles. The molecule has 14 nitrogen and oxygen atoms in total. The van der Waals surface area contributed by atoms with E-state index in [1.54, 1.807) is 0 Å². The monoisotopic (exact) mass is 888 g/mol. The molecule has 4 aromatic rings. The number of carboxylic acids is 2. The summed E-state index contributed by atoms with van der Waals surface area (Å²) in [6, 6.07) is 0. The molecule has 22 heteroatoms. The zero-order valence-corrected chi connectivity index (χ0v) is 33.3. The number of ether oxygens (including phenoxy) is 2. The number of halogens is 6. The van der Waals surface area contributed by atoms with Crippen LogP contribution in [0, 0.1) is 23.7 Å². The van der Waals surface area contributed by atoms with Gasteiger partial charge in [-0.2, -0.15) is 36.3 Å². The van der Waals surface area contributed by atoms with E-state index in [-0.39, 0.29) is 36.2 Å². The maximum Gasteiger partial charge on any atom is 0.455 e. The lowest BCUT2D eigenvalue weighted by Gasteiger charge is -2.27. The Kier molecular flexibility index (Phi) is 12.9. The minimum atomic E-state index is -4.74. The summed E-state index contributed by atoms with van der Waals surface area (Å²) >= 11 is 2.55. The third-order valence-corrected chi connectivity index (χ3v) is 13.6. The largest absolute Gasteiger partial charge is 0.481 e. The number of hydrogen-bond acceptors (Lipinski definition) is 14. The number of carbonyl (C=O) groups is 4. The summed E-state index contributed by atoms with van der Waals surface area (Å²) in [5.41, 5.74) is 2.23. The highest BCUT2D eigenvalue weighted by Gasteiger charge is 2.42. The van der Waals surface area contributed by atoms with Gasteiger partial charge in [0.05, 0.1) is 49.4 Å². The van der Waals surface area contributed by atoms with Gasteiger partial charge in [-0.15, -0.1) is 22.7 Å². The lowest BCUT2D eigenvalue weighted by molar-refractivity contribution is -0.148. The second-order valence-electron chi connectivity index (χ2n) is 15.0. The van der Waals surface area contributed by atoms with Crippen molar-refractivity contribution in [3.05, 3.63) is 42.3 Å². The van der Waals surface area contributed by atoms with Crippen molar-refractivity contribution in [1.82, 2.24) is 20.3 Å². The molecule has 2 saturated carbocycles. The van der Waals surface area contributed by atoms with Gasteiger partial charge in [0, 0.05) is 44.2 Å². The van der Waals surface area contributed by atoms with Crippen LogP contribution in [-0.2, 0) is 79.9 Å². The average molecular weight is 889 g/mol. The number of Topliss-reactive ketones (excluding diaryl/α,β-unsaturated/α-hetero) is 2. The molecule has 324 valence electrons. The quantitative estimate of drug-likeness (QED) is 0.146. The second-order valence-corrected chi connectivity index (χ2v) is 17.4. The van der Waals surface area contributed by atoms with Gasteiger partial charge in [-0.05, 0) is 49.7 Å². The van der Waals surface area contributed by atoms with Crippen molar-refractivity contribution in [1.29, 1.82) is 0 Å². The van der Waals surface area contributed by atoms with Crippen LogP contribution in [0.2, 0.25) is 0 Å². The van der Waals surface area contributed by atoms with Gasteiger partial charge in [-0.1, -0.05) is 36.0 Å². The van der Waals surface area contributed by atoms with Crippen LogP contribution in [0.15, 0.2) is 9.05 Å². The maximum atomic E-state index is 13.0. The normalized spacial score (nSPS) is 22.0. The van der Waals surface area contributed by atoms with Gasteiger partial charge in [0.25, 0.3) is 23.4 Å². The molecule has 0 radical (unpaired) electrons. The number of thiophene rings is 2. The number of alkyl halides is 6. The Morgan fingerprint density at radius 3 is 1.30 bits per heavy atom. The van der Waals surface area contributed by atoms with Crippen molar-refractivity contribution >= 4 is 46.2 Å². The minimum absolute atomic E-state index is 0.0782. The summed E-state index contributed by atoms with van der Waals surface area (Å²) in [4.78, 5) is 58.8. The fourth-order valence-corrected chi connectivity index (χ4v) is 11.0. The number of fused-ring (bicyclic) bond motifs is 2. The van der Waals surface area contributed by atoms with E-state index in [4.69, 9.17) is 18.5 Å². The van der Waals surface area contributed by atoms with E-state index < -0.39 is 59.6 Å². The molecule has 0 amide bonds. The highest BCUT2D eigenvalue weighted by molar-refractivity contribution is 7.13. The maximum absolute atomic E-state index is 13.0. The van der Waals surface area contributed by atoms with Gasteiger partial charge in [0.1, 0.15) is 11.6 Å². The van der Waals surface area contributed by atoms with Crippen molar-refractivity contribution in [2.75, 3.05) is 13.2 Å². The molecule has 4 aromatic heterocycles. The first kappa shape index (κ1) is 43.5. The minimum Gasteiger partial charge on any atom is -0.481 e. The number of ketones is 2. The van der Waals surface area contributed by atoms with Crippen LogP contribution in [0.3, 0.4) is 0 Å². The predicted octanol–water partition coefficient (Wildman–Crippen LogP) is 7.78. The zero-order chi connectivity index (χ0) is 42.9. The van der Waals surface area contributed by atoms with Gasteiger partial charge in [0.15, 0.2) is 0 Å². The molecule has 2 N–H and O–H groups in total. The van der Waals surface area contributed by atoms with Crippen LogP contribution < -0.4 is 0 Å². The standard InChI is InChI=1S/2C19H19F3N2O5S/c2*20-19(21,22)18-23-16(29-24-18)15-11-5-6-28-8-14(11)30-13(15)7-12(25)9-3-1-2-4-10(9)17(26)27/h2*9-10H,1-8H2,(H,26,27)/t2*9-,10+/m10/s1. The van der Waals surface area contributed by atoms with E-state index in [0.29, 0.717) is 85.8 Å².